The molecule has 1 rings (SSSR count). The molecule has 0 aromatic heterocycles. The molecule has 0 N–H and O–H groups in total. The molecule has 1 saturated carbocycles. The summed E-state index contributed by atoms with van der Waals surface area (Å²) in [5.41, 5.74) is 0. The Balaban J connectivity index is 1.66. The molecule has 0 aromatic carbocycles. The van der Waals surface area contributed by atoms with E-state index < -0.39 is 0 Å². The van der Waals surface area contributed by atoms with E-state index in [1.54, 1.807) is 7.11 Å². The normalized spacial score (nSPS) is 17.2. The van der Waals surface area contributed by atoms with E-state index in [4.69, 9.17) is 14.2 Å². The van der Waals surface area contributed by atoms with Gasteiger partial charge in [0.15, 0.2) is 0 Å². The van der Waals surface area contributed by atoms with E-state index in [0.717, 1.165) is 6.61 Å². The van der Waals surface area contributed by atoms with E-state index in [0.29, 0.717) is 25.9 Å². The van der Waals surface area contributed by atoms with Gasteiger partial charge in [-0.1, -0.05) is 0 Å². The number of ether oxygens (including phenoxy) is 3. The lowest BCUT2D eigenvalue weighted by Crippen LogP contribution is -2.08. The number of hydrogen-bond donors (Lipinski definition) is 0. The van der Waals surface area contributed by atoms with Crippen molar-refractivity contribution in [3.05, 3.63) is 0 Å². The Morgan fingerprint density at radius 1 is 1.09 bits per heavy atom. The van der Waals surface area contributed by atoms with Crippen LogP contribution in [0.3, 0.4) is 0 Å². The molecule has 0 saturated heterocycles. The third kappa shape index (κ3) is 5.18. The predicted octanol–water partition coefficient (Wildman–Crippen LogP) is 0.828. The molecule has 0 radical (unpaired) electrons. The van der Waals surface area contributed by atoms with Gasteiger partial charge in [-0.15, -0.1) is 0 Å². The van der Waals surface area contributed by atoms with Crippen LogP contribution in [0.15, 0.2) is 0 Å². The van der Waals surface area contributed by atoms with Crippen LogP contribution in [0.5, 0.6) is 0 Å². The SMILES string of the molecule is COCCOCCOC1CC1. The first-order chi connectivity index (χ1) is 5.43. The van der Waals surface area contributed by atoms with Crippen molar-refractivity contribution in [2.45, 2.75) is 18.9 Å². The molecule has 0 bridgehead atoms. The van der Waals surface area contributed by atoms with Crippen molar-refractivity contribution >= 4 is 0 Å². The first-order valence-electron chi connectivity index (χ1n) is 4.12. The Morgan fingerprint density at radius 3 is 2.45 bits per heavy atom. The molecule has 0 amide bonds. The van der Waals surface area contributed by atoms with Crippen molar-refractivity contribution in [2.75, 3.05) is 33.5 Å². The first kappa shape index (κ1) is 8.97. The second-order valence-electron chi connectivity index (χ2n) is 2.68. The third-order valence-corrected chi connectivity index (χ3v) is 1.54. The van der Waals surface area contributed by atoms with Crippen LogP contribution in [-0.2, 0) is 14.2 Å². The average molecular weight is 160 g/mol. The quantitative estimate of drug-likeness (QED) is 0.516. The zero-order valence-electron chi connectivity index (χ0n) is 7.04. The van der Waals surface area contributed by atoms with Gasteiger partial charge >= 0.3 is 0 Å². The summed E-state index contributed by atoms with van der Waals surface area (Å²) in [5.74, 6) is 0. The fourth-order valence-electron chi connectivity index (χ4n) is 0.753. The van der Waals surface area contributed by atoms with Crippen LogP contribution in [-0.4, -0.2) is 39.6 Å². The summed E-state index contributed by atoms with van der Waals surface area (Å²) in [6.07, 6.45) is 3.01. The molecule has 0 aliphatic heterocycles. The molecule has 3 heteroatoms. The molecule has 1 fully saturated rings. The maximum atomic E-state index is 5.37. The fourth-order valence-corrected chi connectivity index (χ4v) is 0.753. The van der Waals surface area contributed by atoms with Crippen LogP contribution in [0.2, 0.25) is 0 Å². The zero-order chi connectivity index (χ0) is 7.94. The van der Waals surface area contributed by atoms with Gasteiger partial charge < -0.3 is 14.2 Å². The second-order valence-corrected chi connectivity index (χ2v) is 2.68. The highest BCUT2D eigenvalue weighted by Crippen LogP contribution is 2.22. The molecular formula is C8H16O3. The Labute approximate surface area is 67.6 Å². The van der Waals surface area contributed by atoms with Crippen LogP contribution in [0.4, 0.5) is 0 Å². The molecule has 1 aliphatic rings. The predicted molar refractivity (Wildman–Crippen MR) is 41.7 cm³/mol. The highest BCUT2D eigenvalue weighted by molar-refractivity contribution is 4.72. The molecule has 0 unspecified atom stereocenters. The fraction of sp³-hybridized carbons (Fsp3) is 1.00. The molecule has 0 spiro atoms. The summed E-state index contributed by atoms with van der Waals surface area (Å²) in [6, 6.07) is 0. The minimum atomic E-state index is 0.543. The van der Waals surface area contributed by atoms with Crippen molar-refractivity contribution in [3.8, 4) is 0 Å². The Morgan fingerprint density at radius 2 is 1.82 bits per heavy atom. The summed E-state index contributed by atoms with van der Waals surface area (Å²) < 4.78 is 15.4. The van der Waals surface area contributed by atoms with E-state index in [9.17, 15) is 0 Å². The molecule has 1 aliphatic carbocycles. The molecule has 3 nitrogen and oxygen atoms in total. The van der Waals surface area contributed by atoms with Gasteiger partial charge in [0.1, 0.15) is 0 Å². The maximum Gasteiger partial charge on any atom is 0.0704 e. The van der Waals surface area contributed by atoms with Gasteiger partial charge in [-0.2, -0.15) is 0 Å². The summed E-state index contributed by atoms with van der Waals surface area (Å²) >= 11 is 0. The molecular weight excluding hydrogens is 144 g/mol. The van der Waals surface area contributed by atoms with E-state index in [1.165, 1.54) is 12.8 Å². The molecule has 66 valence electrons. The van der Waals surface area contributed by atoms with Crippen LogP contribution < -0.4 is 0 Å². The lowest BCUT2D eigenvalue weighted by molar-refractivity contribution is 0.0197. The van der Waals surface area contributed by atoms with Crippen molar-refractivity contribution in [1.29, 1.82) is 0 Å². The van der Waals surface area contributed by atoms with Crippen LogP contribution >= 0.6 is 0 Å². The summed E-state index contributed by atoms with van der Waals surface area (Å²) in [6.45, 7) is 2.77. The van der Waals surface area contributed by atoms with Gasteiger partial charge in [0, 0.05) is 7.11 Å². The van der Waals surface area contributed by atoms with E-state index in [-0.39, 0.29) is 0 Å². The molecule has 0 aromatic rings. The molecule has 0 heterocycles. The van der Waals surface area contributed by atoms with Gasteiger partial charge in [-0.25, -0.2) is 0 Å². The zero-order valence-corrected chi connectivity index (χ0v) is 7.04. The highest BCUT2D eigenvalue weighted by atomic mass is 16.5. The smallest absolute Gasteiger partial charge is 0.0704 e. The lowest BCUT2D eigenvalue weighted by atomic mass is 10.7. The maximum absolute atomic E-state index is 5.37. The Hall–Kier alpha value is -0.120. The Kier molecular flexibility index (Phi) is 4.50. The first-order valence-corrected chi connectivity index (χ1v) is 4.12. The number of methoxy groups -OCH3 is 1. The second kappa shape index (κ2) is 5.52. The van der Waals surface area contributed by atoms with Crippen LogP contribution in [0.25, 0.3) is 0 Å². The minimum Gasteiger partial charge on any atom is -0.382 e. The van der Waals surface area contributed by atoms with E-state index >= 15 is 0 Å². The third-order valence-electron chi connectivity index (χ3n) is 1.54. The van der Waals surface area contributed by atoms with Gasteiger partial charge in [-0.05, 0) is 12.8 Å². The topological polar surface area (TPSA) is 27.7 Å². The van der Waals surface area contributed by atoms with Crippen molar-refractivity contribution < 1.29 is 14.2 Å². The summed E-state index contributed by atoms with van der Waals surface area (Å²) in [7, 11) is 1.67. The molecule has 0 atom stereocenters. The van der Waals surface area contributed by atoms with E-state index in [2.05, 4.69) is 0 Å². The highest BCUT2D eigenvalue weighted by Gasteiger charge is 2.21. The molecule has 11 heavy (non-hydrogen) atoms. The number of hydrogen-bond acceptors (Lipinski definition) is 3. The Bertz CT molecular complexity index is 91.3. The van der Waals surface area contributed by atoms with Crippen molar-refractivity contribution in [2.24, 2.45) is 0 Å². The number of rotatable bonds is 7. The van der Waals surface area contributed by atoms with E-state index in [1.807, 2.05) is 0 Å². The van der Waals surface area contributed by atoms with Crippen molar-refractivity contribution in [3.63, 3.8) is 0 Å². The largest absolute Gasteiger partial charge is 0.382 e. The van der Waals surface area contributed by atoms with Crippen molar-refractivity contribution in [1.82, 2.24) is 0 Å². The van der Waals surface area contributed by atoms with Gasteiger partial charge in [0.25, 0.3) is 0 Å². The van der Waals surface area contributed by atoms with Crippen LogP contribution in [0.1, 0.15) is 12.8 Å². The summed E-state index contributed by atoms with van der Waals surface area (Å²) in [5, 5.41) is 0. The monoisotopic (exact) mass is 160 g/mol. The summed E-state index contributed by atoms with van der Waals surface area (Å²) in [4.78, 5) is 0. The van der Waals surface area contributed by atoms with Gasteiger partial charge in [-0.3, -0.25) is 0 Å². The average Bonchev–Trinajstić information content (AvgIpc) is 2.80. The van der Waals surface area contributed by atoms with Crippen LogP contribution in [0, 0.1) is 0 Å². The van der Waals surface area contributed by atoms with Gasteiger partial charge in [0.2, 0.25) is 0 Å². The minimum absolute atomic E-state index is 0.543. The van der Waals surface area contributed by atoms with Gasteiger partial charge in [0.05, 0.1) is 32.5 Å². The standard InChI is InChI=1S/C8H16O3/c1-9-4-5-10-6-7-11-8-2-3-8/h8H,2-7H2,1H3. The lowest BCUT2D eigenvalue weighted by Gasteiger charge is -2.03.